The lowest BCUT2D eigenvalue weighted by Gasteiger charge is -2.43. The summed E-state index contributed by atoms with van der Waals surface area (Å²) in [6, 6.07) is 0. The van der Waals surface area contributed by atoms with Crippen molar-refractivity contribution in [3.63, 3.8) is 0 Å². The molecule has 1 fully saturated rings. The maximum absolute atomic E-state index is 10.8. The Labute approximate surface area is 72.9 Å². The highest BCUT2D eigenvalue weighted by Crippen LogP contribution is 2.47. The van der Waals surface area contributed by atoms with Crippen molar-refractivity contribution in [2.24, 2.45) is 17.1 Å². The minimum atomic E-state index is -0.711. The van der Waals surface area contributed by atoms with Crippen LogP contribution in [-0.2, 0) is 4.79 Å². The summed E-state index contributed by atoms with van der Waals surface area (Å²) in [5, 5.41) is 8.89. The van der Waals surface area contributed by atoms with Gasteiger partial charge in [0.15, 0.2) is 0 Å². The summed E-state index contributed by atoms with van der Waals surface area (Å²) in [7, 11) is 0. The fourth-order valence-corrected chi connectivity index (χ4v) is 2.09. The van der Waals surface area contributed by atoms with Crippen LogP contribution in [0.2, 0.25) is 0 Å². The van der Waals surface area contributed by atoms with Crippen LogP contribution in [0.4, 0.5) is 0 Å². The third-order valence-corrected chi connectivity index (χ3v) is 2.90. The molecule has 1 saturated carbocycles. The average molecular weight is 171 g/mol. The van der Waals surface area contributed by atoms with Crippen molar-refractivity contribution in [3.05, 3.63) is 0 Å². The molecule has 0 aliphatic heterocycles. The van der Waals surface area contributed by atoms with Crippen molar-refractivity contribution < 1.29 is 9.90 Å². The summed E-state index contributed by atoms with van der Waals surface area (Å²) in [5.41, 5.74) is 4.88. The number of carbonyl (C=O) groups is 1. The van der Waals surface area contributed by atoms with Crippen molar-refractivity contribution in [1.29, 1.82) is 0 Å². The smallest absolute Gasteiger partial charge is 0.310 e. The highest BCUT2D eigenvalue weighted by Gasteiger charge is 2.48. The fourth-order valence-electron chi connectivity index (χ4n) is 2.09. The topological polar surface area (TPSA) is 63.3 Å². The van der Waals surface area contributed by atoms with Gasteiger partial charge in [-0.25, -0.2) is 0 Å². The van der Waals surface area contributed by atoms with Crippen LogP contribution in [0.15, 0.2) is 0 Å². The molecule has 0 heterocycles. The Balaban J connectivity index is 2.41. The Morgan fingerprint density at radius 3 is 2.58 bits per heavy atom. The van der Waals surface area contributed by atoms with Gasteiger partial charge in [-0.05, 0) is 18.8 Å². The Morgan fingerprint density at radius 2 is 2.25 bits per heavy atom. The first kappa shape index (κ1) is 9.52. The van der Waals surface area contributed by atoms with Crippen LogP contribution >= 0.6 is 0 Å². The van der Waals surface area contributed by atoms with E-state index in [0.29, 0.717) is 12.5 Å². The SMILES string of the molecule is CCCC1CC(CN)(C(=O)O)C1. The van der Waals surface area contributed by atoms with Gasteiger partial charge in [0.05, 0.1) is 5.41 Å². The van der Waals surface area contributed by atoms with Crippen LogP contribution < -0.4 is 5.73 Å². The lowest BCUT2D eigenvalue weighted by molar-refractivity contribution is -0.157. The average Bonchev–Trinajstić information content (AvgIpc) is 1.95. The predicted molar refractivity (Wildman–Crippen MR) is 46.8 cm³/mol. The zero-order valence-corrected chi connectivity index (χ0v) is 7.55. The summed E-state index contributed by atoms with van der Waals surface area (Å²) in [4.78, 5) is 10.8. The summed E-state index contributed by atoms with van der Waals surface area (Å²) in [5.74, 6) is -0.105. The highest BCUT2D eigenvalue weighted by atomic mass is 16.4. The third-order valence-electron chi connectivity index (χ3n) is 2.90. The van der Waals surface area contributed by atoms with Gasteiger partial charge in [-0.1, -0.05) is 19.8 Å². The molecule has 3 heteroatoms. The number of hydrogen-bond acceptors (Lipinski definition) is 2. The predicted octanol–water partition coefficient (Wildman–Crippen LogP) is 1.23. The highest BCUT2D eigenvalue weighted by molar-refractivity contribution is 5.76. The van der Waals surface area contributed by atoms with Crippen molar-refractivity contribution in [1.82, 2.24) is 0 Å². The van der Waals surface area contributed by atoms with Crippen molar-refractivity contribution >= 4 is 5.97 Å². The first-order valence-corrected chi connectivity index (χ1v) is 4.58. The number of carboxylic acid groups (broad SMARTS) is 1. The summed E-state index contributed by atoms with van der Waals surface area (Å²) >= 11 is 0. The van der Waals surface area contributed by atoms with Crippen LogP contribution in [0.5, 0.6) is 0 Å². The van der Waals surface area contributed by atoms with Crippen LogP contribution in [0, 0.1) is 11.3 Å². The van der Waals surface area contributed by atoms with Crippen molar-refractivity contribution in [2.75, 3.05) is 6.54 Å². The lowest BCUT2D eigenvalue weighted by Crippen LogP contribution is -2.49. The largest absolute Gasteiger partial charge is 0.481 e. The summed E-state index contributed by atoms with van der Waals surface area (Å²) < 4.78 is 0. The van der Waals surface area contributed by atoms with E-state index in [0.717, 1.165) is 25.7 Å². The number of carboxylic acids is 1. The van der Waals surface area contributed by atoms with Gasteiger partial charge in [0.2, 0.25) is 0 Å². The van der Waals surface area contributed by atoms with Crippen LogP contribution in [0.1, 0.15) is 32.6 Å². The minimum Gasteiger partial charge on any atom is -0.481 e. The van der Waals surface area contributed by atoms with Crippen molar-refractivity contribution in [3.8, 4) is 0 Å². The number of hydrogen-bond donors (Lipinski definition) is 2. The summed E-state index contributed by atoms with van der Waals surface area (Å²) in [6.45, 7) is 2.42. The van der Waals surface area contributed by atoms with E-state index in [9.17, 15) is 4.79 Å². The van der Waals surface area contributed by atoms with E-state index in [4.69, 9.17) is 10.8 Å². The summed E-state index contributed by atoms with van der Waals surface area (Å²) in [6.07, 6.45) is 3.86. The van der Waals surface area contributed by atoms with Crippen LogP contribution in [-0.4, -0.2) is 17.6 Å². The Morgan fingerprint density at radius 1 is 1.67 bits per heavy atom. The number of rotatable bonds is 4. The van der Waals surface area contributed by atoms with E-state index in [2.05, 4.69) is 6.92 Å². The molecule has 0 atom stereocenters. The Hall–Kier alpha value is -0.570. The van der Waals surface area contributed by atoms with Gasteiger partial charge in [-0.2, -0.15) is 0 Å². The van der Waals surface area contributed by atoms with Gasteiger partial charge in [-0.15, -0.1) is 0 Å². The van der Waals surface area contributed by atoms with E-state index in [1.165, 1.54) is 0 Å². The standard InChI is InChI=1S/C9H17NO2/c1-2-3-7-4-9(5-7,6-10)8(11)12/h7H,2-6,10H2,1H3,(H,11,12). The molecule has 0 amide bonds. The maximum atomic E-state index is 10.8. The first-order valence-electron chi connectivity index (χ1n) is 4.58. The van der Waals surface area contributed by atoms with Gasteiger partial charge in [0.25, 0.3) is 0 Å². The van der Waals surface area contributed by atoms with E-state index < -0.39 is 11.4 Å². The second-order valence-electron chi connectivity index (χ2n) is 3.85. The molecule has 0 aromatic rings. The molecule has 0 radical (unpaired) electrons. The molecule has 0 aromatic heterocycles. The van der Waals surface area contributed by atoms with Gasteiger partial charge < -0.3 is 10.8 Å². The van der Waals surface area contributed by atoms with Crippen LogP contribution in [0.25, 0.3) is 0 Å². The van der Waals surface area contributed by atoms with Gasteiger partial charge in [0.1, 0.15) is 0 Å². The van der Waals surface area contributed by atoms with Gasteiger partial charge in [0, 0.05) is 6.54 Å². The van der Waals surface area contributed by atoms with Crippen molar-refractivity contribution in [2.45, 2.75) is 32.6 Å². The molecule has 0 spiro atoms. The second kappa shape index (κ2) is 3.44. The molecule has 1 aliphatic carbocycles. The first-order chi connectivity index (χ1) is 5.64. The number of nitrogens with two attached hydrogens (primary N) is 1. The third kappa shape index (κ3) is 1.46. The van der Waals surface area contributed by atoms with E-state index >= 15 is 0 Å². The van der Waals surface area contributed by atoms with Gasteiger partial charge >= 0.3 is 5.97 Å². The van der Waals surface area contributed by atoms with E-state index in [1.54, 1.807) is 0 Å². The maximum Gasteiger partial charge on any atom is 0.310 e. The molecule has 3 nitrogen and oxygen atoms in total. The Kier molecular flexibility index (Phi) is 2.73. The monoisotopic (exact) mass is 171 g/mol. The zero-order valence-electron chi connectivity index (χ0n) is 7.55. The van der Waals surface area contributed by atoms with Gasteiger partial charge in [-0.3, -0.25) is 4.79 Å². The normalized spacial score (nSPS) is 34.3. The molecule has 0 saturated heterocycles. The molecule has 1 aliphatic rings. The second-order valence-corrected chi connectivity index (χ2v) is 3.85. The van der Waals surface area contributed by atoms with E-state index in [-0.39, 0.29) is 0 Å². The number of aliphatic carboxylic acids is 1. The molecular formula is C9H17NO2. The quantitative estimate of drug-likeness (QED) is 0.668. The molecule has 0 unspecified atom stereocenters. The molecule has 3 N–H and O–H groups in total. The molecule has 12 heavy (non-hydrogen) atoms. The fraction of sp³-hybridized carbons (Fsp3) is 0.889. The molecular weight excluding hydrogens is 154 g/mol. The minimum absolute atomic E-state index is 0.294. The zero-order chi connectivity index (χ0) is 9.19. The molecule has 0 bridgehead atoms. The molecule has 0 aromatic carbocycles. The lowest BCUT2D eigenvalue weighted by atomic mass is 9.61. The van der Waals surface area contributed by atoms with Crippen LogP contribution in [0.3, 0.4) is 0 Å². The molecule has 70 valence electrons. The van der Waals surface area contributed by atoms with E-state index in [1.807, 2.05) is 0 Å². The molecule has 1 rings (SSSR count). The Bertz CT molecular complexity index is 173.